The number of nitrogens with one attached hydrogen (secondary N) is 1. The van der Waals surface area contributed by atoms with Crippen LogP contribution in [0.4, 0.5) is 5.82 Å². The molecule has 0 fully saturated rings. The van der Waals surface area contributed by atoms with E-state index in [2.05, 4.69) is 20.6 Å². The molecule has 0 aliphatic heterocycles. The molecule has 0 unspecified atom stereocenters. The lowest BCUT2D eigenvalue weighted by Gasteiger charge is -2.11. The van der Waals surface area contributed by atoms with Crippen LogP contribution in [0.15, 0.2) is 82.7 Å². The van der Waals surface area contributed by atoms with Crippen molar-refractivity contribution in [3.8, 4) is 5.75 Å². The predicted octanol–water partition coefficient (Wildman–Crippen LogP) is 4.04. The minimum atomic E-state index is -3.90. The van der Waals surface area contributed by atoms with Gasteiger partial charge in [0.15, 0.2) is 5.65 Å². The van der Waals surface area contributed by atoms with Crippen LogP contribution in [0, 0.1) is 6.92 Å². The van der Waals surface area contributed by atoms with Crippen LogP contribution in [0.25, 0.3) is 16.6 Å². The van der Waals surface area contributed by atoms with Gasteiger partial charge in [-0.05, 0) is 48.9 Å². The molecule has 0 radical (unpaired) electrons. The number of anilines is 1. The van der Waals surface area contributed by atoms with Gasteiger partial charge in [0.05, 0.1) is 17.5 Å². The van der Waals surface area contributed by atoms with Crippen molar-refractivity contribution in [2.24, 2.45) is 0 Å². The number of ether oxygens (including phenoxy) is 1. The van der Waals surface area contributed by atoms with Crippen LogP contribution in [0.5, 0.6) is 5.75 Å². The second kappa shape index (κ2) is 8.18. The summed E-state index contributed by atoms with van der Waals surface area (Å²) in [7, 11) is -2.28. The van der Waals surface area contributed by atoms with Crippen molar-refractivity contribution < 1.29 is 13.2 Å². The summed E-state index contributed by atoms with van der Waals surface area (Å²) in [5.74, 6) is 1.30. The molecule has 166 valence electrons. The Morgan fingerprint density at radius 1 is 1.00 bits per heavy atom. The van der Waals surface area contributed by atoms with Gasteiger partial charge in [-0.25, -0.2) is 13.4 Å². The first-order valence-electron chi connectivity index (χ1n) is 10.3. The molecule has 3 aromatic carbocycles. The maximum absolute atomic E-state index is 13.3. The van der Waals surface area contributed by atoms with Crippen LogP contribution in [0.1, 0.15) is 11.1 Å². The topological polar surface area (TPSA) is 98.5 Å². The zero-order valence-electron chi connectivity index (χ0n) is 18.1. The molecule has 0 aliphatic carbocycles. The van der Waals surface area contributed by atoms with E-state index < -0.39 is 9.84 Å². The molecule has 1 N–H and O–H groups in total. The lowest BCUT2D eigenvalue weighted by Crippen LogP contribution is -2.07. The molecule has 0 atom stereocenters. The van der Waals surface area contributed by atoms with Gasteiger partial charge in [-0.1, -0.05) is 47.2 Å². The monoisotopic (exact) mass is 459 g/mol. The molecule has 2 heterocycles. The third-order valence-electron chi connectivity index (χ3n) is 5.40. The maximum atomic E-state index is 13.3. The van der Waals surface area contributed by atoms with Crippen LogP contribution < -0.4 is 10.1 Å². The van der Waals surface area contributed by atoms with Gasteiger partial charge >= 0.3 is 0 Å². The summed E-state index contributed by atoms with van der Waals surface area (Å²) in [5, 5.41) is 12.1. The fourth-order valence-electron chi connectivity index (χ4n) is 3.65. The third-order valence-corrected chi connectivity index (χ3v) is 7.07. The van der Waals surface area contributed by atoms with Gasteiger partial charge in [-0.3, -0.25) is 0 Å². The van der Waals surface area contributed by atoms with E-state index in [1.807, 2.05) is 55.5 Å². The maximum Gasteiger partial charge on any atom is 0.229 e. The SMILES string of the molecule is COc1cccc(CNc2nc3c(S(=O)(=O)c4ccc(C)cc4)nnn3c3ccccc23)c1. The second-order valence-electron chi connectivity index (χ2n) is 7.63. The molecule has 33 heavy (non-hydrogen) atoms. The van der Waals surface area contributed by atoms with Crippen molar-refractivity contribution in [2.75, 3.05) is 12.4 Å². The quantitative estimate of drug-likeness (QED) is 0.409. The molecular weight excluding hydrogens is 438 g/mol. The molecule has 0 bridgehead atoms. The minimum Gasteiger partial charge on any atom is -0.497 e. The van der Waals surface area contributed by atoms with Gasteiger partial charge in [-0.15, -0.1) is 5.10 Å². The van der Waals surface area contributed by atoms with Crippen molar-refractivity contribution in [3.63, 3.8) is 0 Å². The summed E-state index contributed by atoms with van der Waals surface area (Å²) < 4.78 is 33.4. The van der Waals surface area contributed by atoms with Gasteiger partial charge < -0.3 is 10.1 Å². The molecule has 0 spiro atoms. The molecule has 8 nitrogen and oxygen atoms in total. The van der Waals surface area contributed by atoms with E-state index in [4.69, 9.17) is 4.74 Å². The number of rotatable bonds is 6. The number of fused-ring (bicyclic) bond motifs is 3. The number of methoxy groups -OCH3 is 1. The lowest BCUT2D eigenvalue weighted by molar-refractivity contribution is 0.414. The Hall–Kier alpha value is -3.98. The molecule has 9 heteroatoms. The zero-order valence-corrected chi connectivity index (χ0v) is 18.9. The molecule has 0 aliphatic rings. The van der Waals surface area contributed by atoms with Crippen molar-refractivity contribution >= 4 is 32.2 Å². The fourth-order valence-corrected chi connectivity index (χ4v) is 4.89. The second-order valence-corrected chi connectivity index (χ2v) is 9.49. The average Bonchev–Trinajstić information content (AvgIpc) is 3.28. The minimum absolute atomic E-state index is 0.149. The van der Waals surface area contributed by atoms with Gasteiger partial charge in [0.25, 0.3) is 0 Å². The highest BCUT2D eigenvalue weighted by molar-refractivity contribution is 7.91. The normalized spacial score (nSPS) is 11.7. The van der Waals surface area contributed by atoms with E-state index >= 15 is 0 Å². The number of hydrogen-bond donors (Lipinski definition) is 1. The molecule has 0 saturated heterocycles. The fraction of sp³-hybridized carbons (Fsp3) is 0.125. The number of benzene rings is 3. The summed E-state index contributed by atoms with van der Waals surface area (Å²) in [6.45, 7) is 2.38. The summed E-state index contributed by atoms with van der Waals surface area (Å²) in [6, 6.07) is 21.9. The third kappa shape index (κ3) is 3.76. The van der Waals surface area contributed by atoms with E-state index in [9.17, 15) is 8.42 Å². The van der Waals surface area contributed by atoms with E-state index in [1.165, 1.54) is 4.52 Å². The number of nitrogens with zero attached hydrogens (tertiary/aromatic N) is 4. The van der Waals surface area contributed by atoms with E-state index in [1.54, 1.807) is 31.4 Å². The van der Waals surface area contributed by atoms with E-state index in [0.717, 1.165) is 22.3 Å². The summed E-state index contributed by atoms with van der Waals surface area (Å²) in [5.41, 5.74) is 2.84. The number of sulfone groups is 1. The van der Waals surface area contributed by atoms with Crippen molar-refractivity contribution in [2.45, 2.75) is 23.4 Å². The molecule has 5 rings (SSSR count). The standard InChI is InChI=1S/C24H21N5O3S/c1-16-10-12-19(13-11-16)33(30,31)24-23-26-22(25-15-17-6-5-7-18(14-17)32-2)20-8-3-4-9-21(20)29(23)28-27-24/h3-14H,15H2,1-2H3,(H,25,26). The Balaban J connectivity index is 1.62. The molecule has 2 aromatic heterocycles. The van der Waals surface area contributed by atoms with Gasteiger partial charge in [0.2, 0.25) is 14.9 Å². The summed E-state index contributed by atoms with van der Waals surface area (Å²) in [6.07, 6.45) is 0. The van der Waals surface area contributed by atoms with E-state index in [0.29, 0.717) is 17.9 Å². The first-order chi connectivity index (χ1) is 16.0. The Kier molecular flexibility index (Phi) is 5.18. The van der Waals surface area contributed by atoms with Crippen molar-refractivity contribution in [1.82, 2.24) is 19.8 Å². The summed E-state index contributed by atoms with van der Waals surface area (Å²) in [4.78, 5) is 4.80. The zero-order chi connectivity index (χ0) is 23.0. The lowest BCUT2D eigenvalue weighted by atomic mass is 10.2. The van der Waals surface area contributed by atoms with Gasteiger partial charge in [0.1, 0.15) is 11.6 Å². The smallest absolute Gasteiger partial charge is 0.229 e. The Bertz CT molecular complexity index is 1580. The van der Waals surface area contributed by atoms with Crippen molar-refractivity contribution in [1.29, 1.82) is 0 Å². The highest BCUT2D eigenvalue weighted by Gasteiger charge is 2.27. The average molecular weight is 460 g/mol. The van der Waals surface area contributed by atoms with E-state index in [-0.39, 0.29) is 15.6 Å². The number of hydrogen-bond acceptors (Lipinski definition) is 7. The van der Waals surface area contributed by atoms with Crippen LogP contribution in [0.3, 0.4) is 0 Å². The predicted molar refractivity (Wildman–Crippen MR) is 125 cm³/mol. The first-order valence-corrected chi connectivity index (χ1v) is 11.8. The largest absolute Gasteiger partial charge is 0.497 e. The Morgan fingerprint density at radius 3 is 2.58 bits per heavy atom. The molecule has 5 aromatic rings. The molecule has 0 saturated carbocycles. The van der Waals surface area contributed by atoms with Crippen LogP contribution in [0.2, 0.25) is 0 Å². The van der Waals surface area contributed by atoms with Gasteiger partial charge in [0, 0.05) is 11.9 Å². The number of aryl methyl sites for hydroxylation is 1. The Labute approximate surface area is 190 Å². The Morgan fingerprint density at radius 2 is 1.79 bits per heavy atom. The molecular formula is C24H21N5O3S. The number of para-hydroxylation sites is 1. The first kappa shape index (κ1) is 20.9. The highest BCUT2D eigenvalue weighted by Crippen LogP contribution is 2.28. The molecule has 0 amide bonds. The summed E-state index contributed by atoms with van der Waals surface area (Å²) >= 11 is 0. The number of aromatic nitrogens is 4. The van der Waals surface area contributed by atoms with Crippen molar-refractivity contribution in [3.05, 3.63) is 83.9 Å². The van der Waals surface area contributed by atoms with Gasteiger partial charge in [-0.2, -0.15) is 4.52 Å². The van der Waals surface area contributed by atoms with Crippen LogP contribution in [-0.4, -0.2) is 35.3 Å². The highest BCUT2D eigenvalue weighted by atomic mass is 32.2. The van der Waals surface area contributed by atoms with Crippen LogP contribution >= 0.6 is 0 Å². The van der Waals surface area contributed by atoms with Crippen LogP contribution in [-0.2, 0) is 16.4 Å².